The van der Waals surface area contributed by atoms with Crippen molar-refractivity contribution in [3.63, 3.8) is 0 Å². The highest BCUT2D eigenvalue weighted by atomic mass is 32.2. The second-order valence-corrected chi connectivity index (χ2v) is 5.38. The van der Waals surface area contributed by atoms with Gasteiger partial charge in [0.2, 0.25) is 0 Å². The number of hydrogen-bond donors (Lipinski definition) is 1. The van der Waals surface area contributed by atoms with Gasteiger partial charge in [0.05, 0.1) is 0 Å². The van der Waals surface area contributed by atoms with E-state index in [1.807, 2.05) is 0 Å². The van der Waals surface area contributed by atoms with E-state index in [1.165, 1.54) is 30.8 Å². The van der Waals surface area contributed by atoms with Crippen molar-refractivity contribution in [2.75, 3.05) is 11.5 Å². The Bertz CT molecular complexity index is 154. The summed E-state index contributed by atoms with van der Waals surface area (Å²) in [5, 5.41) is 0. The smallest absolute Gasteiger partial charge is 0.0102 e. The molecule has 0 aromatic carbocycles. The Morgan fingerprint density at radius 3 is 2.73 bits per heavy atom. The van der Waals surface area contributed by atoms with Crippen molar-refractivity contribution in [1.82, 2.24) is 0 Å². The fourth-order valence-electron chi connectivity index (χ4n) is 2.15. The summed E-state index contributed by atoms with van der Waals surface area (Å²) >= 11 is 2.12. The predicted molar refractivity (Wildman–Crippen MR) is 50.7 cm³/mol. The van der Waals surface area contributed by atoms with Crippen LogP contribution in [0.4, 0.5) is 0 Å². The summed E-state index contributed by atoms with van der Waals surface area (Å²) in [6.07, 6.45) is 4.12. The van der Waals surface area contributed by atoms with Gasteiger partial charge in [0, 0.05) is 6.04 Å². The van der Waals surface area contributed by atoms with Crippen LogP contribution in [0.2, 0.25) is 0 Å². The zero-order chi connectivity index (χ0) is 7.90. The highest BCUT2D eigenvalue weighted by Gasteiger charge is 2.52. The standard InChI is InChI=1S/C9H17NS/c1-9(5-8(9)10)7-3-2-4-11-6-7/h7-8H,2-6,10H2,1H3/t7?,8-,9+/m0/s1. The van der Waals surface area contributed by atoms with Gasteiger partial charge < -0.3 is 5.73 Å². The summed E-state index contributed by atoms with van der Waals surface area (Å²) in [6.45, 7) is 2.37. The Morgan fingerprint density at radius 1 is 1.55 bits per heavy atom. The average molecular weight is 171 g/mol. The quantitative estimate of drug-likeness (QED) is 0.652. The van der Waals surface area contributed by atoms with Crippen molar-refractivity contribution in [1.29, 1.82) is 0 Å². The van der Waals surface area contributed by atoms with Gasteiger partial charge in [-0.3, -0.25) is 0 Å². The lowest BCUT2D eigenvalue weighted by Gasteiger charge is -2.27. The van der Waals surface area contributed by atoms with Crippen LogP contribution in [0.15, 0.2) is 0 Å². The molecule has 3 atom stereocenters. The Kier molecular flexibility index (Phi) is 1.92. The van der Waals surface area contributed by atoms with Crippen LogP contribution >= 0.6 is 11.8 Å². The minimum absolute atomic E-state index is 0.520. The van der Waals surface area contributed by atoms with Crippen molar-refractivity contribution in [2.24, 2.45) is 17.1 Å². The van der Waals surface area contributed by atoms with E-state index >= 15 is 0 Å². The normalized spacial score (nSPS) is 50.7. The molecule has 0 aromatic heterocycles. The Balaban J connectivity index is 1.94. The van der Waals surface area contributed by atoms with Gasteiger partial charge in [-0.2, -0.15) is 11.8 Å². The molecule has 0 spiro atoms. The summed E-state index contributed by atoms with van der Waals surface area (Å²) < 4.78 is 0. The first-order chi connectivity index (χ1) is 5.23. The second-order valence-electron chi connectivity index (χ2n) is 4.23. The molecule has 2 heteroatoms. The monoisotopic (exact) mass is 171 g/mol. The molecule has 1 aliphatic heterocycles. The van der Waals surface area contributed by atoms with Gasteiger partial charge in [-0.25, -0.2) is 0 Å². The summed E-state index contributed by atoms with van der Waals surface area (Å²) in [7, 11) is 0. The van der Waals surface area contributed by atoms with Crippen LogP contribution < -0.4 is 5.73 Å². The molecule has 11 heavy (non-hydrogen) atoms. The fourth-order valence-corrected chi connectivity index (χ4v) is 3.51. The largest absolute Gasteiger partial charge is 0.327 e. The molecule has 2 rings (SSSR count). The second kappa shape index (κ2) is 2.67. The lowest BCUT2D eigenvalue weighted by molar-refractivity contribution is 0.330. The fraction of sp³-hybridized carbons (Fsp3) is 1.00. The van der Waals surface area contributed by atoms with Crippen LogP contribution in [-0.2, 0) is 0 Å². The van der Waals surface area contributed by atoms with Gasteiger partial charge in [0.25, 0.3) is 0 Å². The average Bonchev–Trinajstić information content (AvgIpc) is 2.64. The molecule has 0 radical (unpaired) electrons. The number of thioether (sulfide) groups is 1. The molecule has 0 bridgehead atoms. The highest BCUT2D eigenvalue weighted by Crippen LogP contribution is 2.53. The summed E-state index contributed by atoms with van der Waals surface area (Å²) in [5.41, 5.74) is 6.46. The lowest BCUT2D eigenvalue weighted by Crippen LogP contribution is -2.25. The molecule has 2 fully saturated rings. The van der Waals surface area contributed by atoms with Crippen LogP contribution in [0.3, 0.4) is 0 Å². The van der Waals surface area contributed by atoms with E-state index < -0.39 is 0 Å². The van der Waals surface area contributed by atoms with Crippen LogP contribution in [0, 0.1) is 11.3 Å². The molecule has 0 aromatic rings. The molecule has 0 amide bonds. The van der Waals surface area contributed by atoms with E-state index in [-0.39, 0.29) is 0 Å². The van der Waals surface area contributed by atoms with Crippen molar-refractivity contribution >= 4 is 11.8 Å². The zero-order valence-electron chi connectivity index (χ0n) is 7.18. The van der Waals surface area contributed by atoms with Crippen molar-refractivity contribution in [3.05, 3.63) is 0 Å². The van der Waals surface area contributed by atoms with Gasteiger partial charge in [-0.05, 0) is 42.1 Å². The zero-order valence-corrected chi connectivity index (χ0v) is 7.99. The Morgan fingerprint density at radius 2 is 2.27 bits per heavy atom. The van der Waals surface area contributed by atoms with E-state index in [9.17, 15) is 0 Å². The summed E-state index contributed by atoms with van der Waals surface area (Å²) in [5.74, 6) is 3.67. The molecular weight excluding hydrogens is 154 g/mol. The molecule has 1 nitrogen and oxygen atoms in total. The van der Waals surface area contributed by atoms with Gasteiger partial charge in [-0.1, -0.05) is 6.92 Å². The molecule has 1 heterocycles. The molecule has 2 aliphatic rings. The third kappa shape index (κ3) is 1.31. The lowest BCUT2D eigenvalue weighted by atomic mass is 9.88. The van der Waals surface area contributed by atoms with Crippen LogP contribution in [0.5, 0.6) is 0 Å². The molecular formula is C9H17NS. The number of hydrogen-bond acceptors (Lipinski definition) is 2. The van der Waals surface area contributed by atoms with E-state index in [2.05, 4.69) is 18.7 Å². The third-order valence-corrected chi connectivity index (χ3v) is 4.66. The van der Waals surface area contributed by atoms with Crippen LogP contribution in [0.1, 0.15) is 26.2 Å². The van der Waals surface area contributed by atoms with Gasteiger partial charge in [0.1, 0.15) is 0 Å². The van der Waals surface area contributed by atoms with E-state index in [0.29, 0.717) is 11.5 Å². The van der Waals surface area contributed by atoms with Crippen LogP contribution in [0.25, 0.3) is 0 Å². The van der Waals surface area contributed by atoms with Crippen molar-refractivity contribution < 1.29 is 0 Å². The highest BCUT2D eigenvalue weighted by molar-refractivity contribution is 7.99. The first kappa shape index (κ1) is 7.93. The molecule has 2 N–H and O–H groups in total. The Labute approximate surface area is 73.1 Å². The van der Waals surface area contributed by atoms with Gasteiger partial charge >= 0.3 is 0 Å². The maximum absolute atomic E-state index is 5.92. The molecule has 1 saturated carbocycles. The van der Waals surface area contributed by atoms with Crippen LogP contribution in [-0.4, -0.2) is 17.5 Å². The molecule has 1 unspecified atom stereocenters. The molecule has 1 saturated heterocycles. The predicted octanol–water partition coefficient (Wildman–Crippen LogP) is 1.87. The van der Waals surface area contributed by atoms with Crippen molar-refractivity contribution in [3.8, 4) is 0 Å². The van der Waals surface area contributed by atoms with E-state index in [1.54, 1.807) is 0 Å². The van der Waals surface area contributed by atoms with E-state index in [0.717, 1.165) is 5.92 Å². The first-order valence-corrected chi connectivity index (χ1v) is 5.72. The van der Waals surface area contributed by atoms with Gasteiger partial charge in [-0.15, -0.1) is 0 Å². The minimum Gasteiger partial charge on any atom is -0.327 e. The molecule has 1 aliphatic carbocycles. The topological polar surface area (TPSA) is 26.0 Å². The minimum atomic E-state index is 0.520. The molecule has 64 valence electrons. The number of nitrogens with two attached hydrogens (primary N) is 1. The first-order valence-electron chi connectivity index (χ1n) is 4.57. The SMILES string of the molecule is C[C@]1(C2CCCSC2)C[C@@H]1N. The summed E-state index contributed by atoms with van der Waals surface area (Å²) in [6, 6.07) is 0.520. The summed E-state index contributed by atoms with van der Waals surface area (Å²) in [4.78, 5) is 0. The third-order valence-electron chi connectivity index (χ3n) is 3.44. The van der Waals surface area contributed by atoms with Gasteiger partial charge in [0.15, 0.2) is 0 Å². The number of rotatable bonds is 1. The Hall–Kier alpha value is 0.310. The maximum Gasteiger partial charge on any atom is 0.0102 e. The maximum atomic E-state index is 5.92. The van der Waals surface area contributed by atoms with Crippen molar-refractivity contribution in [2.45, 2.75) is 32.2 Å². The van der Waals surface area contributed by atoms with E-state index in [4.69, 9.17) is 5.73 Å².